The van der Waals surface area contributed by atoms with Gasteiger partial charge in [0.05, 0.1) is 5.75 Å². The van der Waals surface area contributed by atoms with Crippen molar-refractivity contribution in [3.05, 3.63) is 70.8 Å². The normalized spacial score (nSPS) is 12.1. The predicted molar refractivity (Wildman–Crippen MR) is 103 cm³/mol. The average Bonchev–Trinajstić information content (AvgIpc) is 2.60. The van der Waals surface area contributed by atoms with Gasteiger partial charge in [0.15, 0.2) is 15.8 Å². The van der Waals surface area contributed by atoms with Crippen LogP contribution in [-0.4, -0.2) is 34.2 Å². The van der Waals surface area contributed by atoms with Crippen LogP contribution in [0.25, 0.3) is 0 Å². The van der Waals surface area contributed by atoms with Gasteiger partial charge in [-0.05, 0) is 47.4 Å². The zero-order valence-corrected chi connectivity index (χ0v) is 16.1. The molecule has 0 amide bonds. The highest BCUT2D eigenvalue weighted by molar-refractivity contribution is 7.89. The summed E-state index contributed by atoms with van der Waals surface area (Å²) in [5.41, 5.74) is 2.09. The molecule has 0 fully saturated rings. The lowest BCUT2D eigenvalue weighted by Crippen LogP contribution is -2.38. The molecular formula is C19H23F2N3O2S. The van der Waals surface area contributed by atoms with E-state index >= 15 is 0 Å². The molecule has 0 saturated carbocycles. The van der Waals surface area contributed by atoms with Gasteiger partial charge in [-0.15, -0.1) is 0 Å². The number of guanidine groups is 1. The maximum Gasteiger partial charge on any atom is 0.191 e. The van der Waals surface area contributed by atoms with Crippen molar-refractivity contribution in [3.63, 3.8) is 0 Å². The van der Waals surface area contributed by atoms with Crippen molar-refractivity contribution in [2.45, 2.75) is 18.7 Å². The van der Waals surface area contributed by atoms with Crippen LogP contribution in [0.1, 0.15) is 16.7 Å². The highest BCUT2D eigenvalue weighted by Crippen LogP contribution is 2.14. The standard InChI is InChI=1S/C19H23F2N3O2S/c1-22-19(23-10-9-14-3-6-17(20)7-4-14)24-12-16-11-18(21)8-5-15(16)13-27(2,25)26/h3-8,11H,9-10,12-13H2,1-2H3,(H2,22,23,24). The molecule has 0 aliphatic carbocycles. The van der Waals surface area contributed by atoms with Crippen LogP contribution < -0.4 is 10.6 Å². The van der Waals surface area contributed by atoms with E-state index in [0.29, 0.717) is 30.1 Å². The van der Waals surface area contributed by atoms with E-state index in [4.69, 9.17) is 0 Å². The zero-order valence-electron chi connectivity index (χ0n) is 15.3. The Hall–Kier alpha value is -2.48. The lowest BCUT2D eigenvalue weighted by molar-refractivity contribution is 0.599. The molecule has 5 nitrogen and oxygen atoms in total. The summed E-state index contributed by atoms with van der Waals surface area (Å²) in [7, 11) is -1.62. The summed E-state index contributed by atoms with van der Waals surface area (Å²) in [6.07, 6.45) is 1.82. The van der Waals surface area contributed by atoms with Gasteiger partial charge < -0.3 is 10.6 Å². The second-order valence-electron chi connectivity index (χ2n) is 6.21. The van der Waals surface area contributed by atoms with Gasteiger partial charge in [-0.3, -0.25) is 4.99 Å². The third kappa shape index (κ3) is 7.34. The molecule has 0 aromatic heterocycles. The van der Waals surface area contributed by atoms with Gasteiger partial charge in [0, 0.05) is 26.4 Å². The van der Waals surface area contributed by atoms with Crippen LogP contribution in [0.15, 0.2) is 47.5 Å². The van der Waals surface area contributed by atoms with Crippen molar-refractivity contribution in [1.29, 1.82) is 0 Å². The Bertz CT molecular complexity index is 898. The Labute approximate surface area is 158 Å². The molecule has 146 valence electrons. The van der Waals surface area contributed by atoms with E-state index < -0.39 is 15.7 Å². The monoisotopic (exact) mass is 395 g/mol. The number of benzene rings is 2. The van der Waals surface area contributed by atoms with E-state index in [0.717, 1.165) is 11.8 Å². The molecule has 0 aliphatic rings. The third-order valence-electron chi connectivity index (χ3n) is 3.88. The molecule has 0 bridgehead atoms. The lowest BCUT2D eigenvalue weighted by atomic mass is 10.1. The second kappa shape index (κ2) is 9.45. The smallest absolute Gasteiger partial charge is 0.191 e. The summed E-state index contributed by atoms with van der Waals surface area (Å²) in [6, 6.07) is 10.3. The zero-order chi connectivity index (χ0) is 19.9. The van der Waals surface area contributed by atoms with E-state index in [1.165, 1.54) is 30.3 Å². The molecule has 0 saturated heterocycles. The first-order chi connectivity index (χ1) is 12.8. The summed E-state index contributed by atoms with van der Waals surface area (Å²) in [6.45, 7) is 0.809. The van der Waals surface area contributed by atoms with Crippen molar-refractivity contribution < 1.29 is 17.2 Å². The van der Waals surface area contributed by atoms with Crippen LogP contribution >= 0.6 is 0 Å². The Kier molecular flexibility index (Phi) is 7.29. The van der Waals surface area contributed by atoms with Gasteiger partial charge in [-0.2, -0.15) is 0 Å². The molecule has 0 heterocycles. The largest absolute Gasteiger partial charge is 0.356 e. The quantitative estimate of drug-likeness (QED) is 0.558. The number of nitrogens with one attached hydrogen (secondary N) is 2. The highest BCUT2D eigenvalue weighted by Gasteiger charge is 2.11. The molecule has 2 N–H and O–H groups in total. The Morgan fingerprint density at radius 3 is 2.30 bits per heavy atom. The van der Waals surface area contributed by atoms with Crippen LogP contribution in [0.5, 0.6) is 0 Å². The van der Waals surface area contributed by atoms with Crippen molar-refractivity contribution >= 4 is 15.8 Å². The van der Waals surface area contributed by atoms with E-state index in [-0.39, 0.29) is 18.1 Å². The second-order valence-corrected chi connectivity index (χ2v) is 8.35. The first-order valence-corrected chi connectivity index (χ1v) is 10.5. The molecule has 0 radical (unpaired) electrons. The molecule has 2 rings (SSSR count). The highest BCUT2D eigenvalue weighted by atomic mass is 32.2. The third-order valence-corrected chi connectivity index (χ3v) is 4.71. The fraction of sp³-hybridized carbons (Fsp3) is 0.316. The van der Waals surface area contributed by atoms with Gasteiger partial charge in [0.1, 0.15) is 11.6 Å². The van der Waals surface area contributed by atoms with E-state index in [1.807, 2.05) is 0 Å². The van der Waals surface area contributed by atoms with Gasteiger partial charge in [0.2, 0.25) is 0 Å². The molecule has 0 aliphatic heterocycles. The van der Waals surface area contributed by atoms with Crippen LogP contribution in [0.3, 0.4) is 0 Å². The number of hydrogen-bond acceptors (Lipinski definition) is 3. The molecule has 0 unspecified atom stereocenters. The maximum absolute atomic E-state index is 13.6. The summed E-state index contributed by atoms with van der Waals surface area (Å²) in [5.74, 6) is -0.347. The molecule has 2 aromatic rings. The van der Waals surface area contributed by atoms with Crippen molar-refractivity contribution in [1.82, 2.24) is 10.6 Å². The lowest BCUT2D eigenvalue weighted by Gasteiger charge is -2.14. The van der Waals surface area contributed by atoms with Crippen LogP contribution in [0, 0.1) is 11.6 Å². The minimum atomic E-state index is -3.23. The number of nitrogens with zero attached hydrogens (tertiary/aromatic N) is 1. The molecular weight excluding hydrogens is 372 g/mol. The Morgan fingerprint density at radius 1 is 1.00 bits per heavy atom. The fourth-order valence-corrected chi connectivity index (χ4v) is 3.40. The average molecular weight is 395 g/mol. The first kappa shape index (κ1) is 20.8. The van der Waals surface area contributed by atoms with Crippen molar-refractivity contribution in [2.75, 3.05) is 19.8 Å². The van der Waals surface area contributed by atoms with E-state index in [2.05, 4.69) is 15.6 Å². The SMILES string of the molecule is CN=C(NCCc1ccc(F)cc1)NCc1cc(F)ccc1CS(C)(=O)=O. The molecule has 0 spiro atoms. The predicted octanol–water partition coefficient (Wildman–Crippen LogP) is 2.42. The minimum Gasteiger partial charge on any atom is -0.356 e. The van der Waals surface area contributed by atoms with Crippen LogP contribution in [0.2, 0.25) is 0 Å². The van der Waals surface area contributed by atoms with E-state index in [1.54, 1.807) is 19.2 Å². The molecule has 27 heavy (non-hydrogen) atoms. The first-order valence-electron chi connectivity index (χ1n) is 8.41. The number of halogens is 2. The van der Waals surface area contributed by atoms with Crippen molar-refractivity contribution in [3.8, 4) is 0 Å². The van der Waals surface area contributed by atoms with Gasteiger partial charge in [-0.25, -0.2) is 17.2 Å². The Morgan fingerprint density at radius 2 is 1.67 bits per heavy atom. The summed E-state index contributed by atoms with van der Waals surface area (Å²) in [4.78, 5) is 4.10. The number of hydrogen-bond donors (Lipinski definition) is 2. The van der Waals surface area contributed by atoms with Crippen molar-refractivity contribution in [2.24, 2.45) is 4.99 Å². The Balaban J connectivity index is 1.93. The maximum atomic E-state index is 13.6. The summed E-state index contributed by atoms with van der Waals surface area (Å²) in [5, 5.41) is 6.17. The van der Waals surface area contributed by atoms with Crippen LogP contribution in [0.4, 0.5) is 8.78 Å². The van der Waals surface area contributed by atoms with Gasteiger partial charge in [0.25, 0.3) is 0 Å². The molecule has 8 heteroatoms. The summed E-state index contributed by atoms with van der Waals surface area (Å²) < 4.78 is 49.6. The topological polar surface area (TPSA) is 70.6 Å². The molecule has 0 atom stereocenters. The fourth-order valence-electron chi connectivity index (χ4n) is 2.56. The number of rotatable bonds is 7. The van der Waals surface area contributed by atoms with Gasteiger partial charge in [-0.1, -0.05) is 18.2 Å². The van der Waals surface area contributed by atoms with Gasteiger partial charge >= 0.3 is 0 Å². The number of sulfone groups is 1. The van der Waals surface area contributed by atoms with Crippen LogP contribution in [-0.2, 0) is 28.6 Å². The minimum absolute atomic E-state index is 0.152. The number of aliphatic imine (C=N–C) groups is 1. The molecule has 2 aromatic carbocycles. The van der Waals surface area contributed by atoms with E-state index in [9.17, 15) is 17.2 Å². The summed E-state index contributed by atoms with van der Waals surface area (Å²) >= 11 is 0.